The minimum absolute atomic E-state index is 0.0476. The van der Waals surface area contributed by atoms with Crippen LogP contribution in [0, 0.1) is 5.82 Å². The van der Waals surface area contributed by atoms with Gasteiger partial charge in [-0.15, -0.1) is 0 Å². The van der Waals surface area contributed by atoms with Crippen LogP contribution in [0.15, 0.2) is 30.5 Å². The standard InChI is InChI=1S/C13H14ClFN2O2S/c1-20(18,19)8-2-7-17-13(5-6-16-17)10-3-4-12(15)11(14)9-10/h3-6,9H,2,7-8H2,1H3. The van der Waals surface area contributed by atoms with Crippen LogP contribution in [0.1, 0.15) is 6.42 Å². The zero-order chi connectivity index (χ0) is 14.8. The summed E-state index contributed by atoms with van der Waals surface area (Å²) >= 11 is 5.76. The van der Waals surface area contributed by atoms with Gasteiger partial charge in [-0.05, 0) is 30.7 Å². The monoisotopic (exact) mass is 316 g/mol. The quantitative estimate of drug-likeness (QED) is 0.852. The molecule has 0 radical (unpaired) electrons. The van der Waals surface area contributed by atoms with Crippen LogP contribution < -0.4 is 0 Å². The van der Waals surface area contributed by atoms with Gasteiger partial charge in [0.05, 0.1) is 16.5 Å². The minimum Gasteiger partial charge on any atom is -0.265 e. The maximum Gasteiger partial charge on any atom is 0.147 e. The Morgan fingerprint density at radius 1 is 1.35 bits per heavy atom. The van der Waals surface area contributed by atoms with E-state index < -0.39 is 15.7 Å². The van der Waals surface area contributed by atoms with E-state index in [1.807, 2.05) is 0 Å². The van der Waals surface area contributed by atoms with Gasteiger partial charge in [-0.25, -0.2) is 12.8 Å². The van der Waals surface area contributed by atoms with Crippen molar-refractivity contribution in [2.24, 2.45) is 0 Å². The fourth-order valence-electron chi connectivity index (χ4n) is 1.89. The third-order valence-corrected chi connectivity index (χ3v) is 4.14. The minimum atomic E-state index is -2.98. The van der Waals surface area contributed by atoms with Crippen molar-refractivity contribution in [3.8, 4) is 11.3 Å². The topological polar surface area (TPSA) is 52.0 Å². The predicted molar refractivity (Wildman–Crippen MR) is 77.0 cm³/mol. The second-order valence-electron chi connectivity index (χ2n) is 4.55. The Bertz CT molecular complexity index is 713. The summed E-state index contributed by atoms with van der Waals surface area (Å²) in [4.78, 5) is 0. The number of rotatable bonds is 5. The highest BCUT2D eigenvalue weighted by Crippen LogP contribution is 2.24. The second kappa shape index (κ2) is 5.93. The van der Waals surface area contributed by atoms with Gasteiger partial charge < -0.3 is 0 Å². The van der Waals surface area contributed by atoms with Crippen LogP contribution in [-0.2, 0) is 16.4 Å². The fraction of sp³-hybridized carbons (Fsp3) is 0.308. The Morgan fingerprint density at radius 3 is 2.75 bits per heavy atom. The van der Waals surface area contributed by atoms with E-state index in [0.717, 1.165) is 11.3 Å². The van der Waals surface area contributed by atoms with Crippen molar-refractivity contribution in [2.75, 3.05) is 12.0 Å². The maximum absolute atomic E-state index is 13.2. The first-order valence-corrected chi connectivity index (χ1v) is 8.45. The van der Waals surface area contributed by atoms with Crippen LogP contribution in [0.3, 0.4) is 0 Å². The van der Waals surface area contributed by atoms with Crippen LogP contribution in [0.5, 0.6) is 0 Å². The number of hydrogen-bond acceptors (Lipinski definition) is 3. The summed E-state index contributed by atoms with van der Waals surface area (Å²) in [5, 5.41) is 4.20. The summed E-state index contributed by atoms with van der Waals surface area (Å²) in [7, 11) is -2.98. The van der Waals surface area contributed by atoms with Crippen LogP contribution >= 0.6 is 11.6 Å². The molecule has 0 aliphatic carbocycles. The molecule has 0 aliphatic rings. The lowest BCUT2D eigenvalue weighted by Crippen LogP contribution is -2.09. The average Bonchev–Trinajstić information content (AvgIpc) is 2.79. The molecule has 0 saturated heterocycles. The summed E-state index contributed by atoms with van der Waals surface area (Å²) in [5.74, 6) is -0.366. The lowest BCUT2D eigenvalue weighted by Gasteiger charge is -2.08. The smallest absolute Gasteiger partial charge is 0.147 e. The van der Waals surface area contributed by atoms with Crippen molar-refractivity contribution in [1.29, 1.82) is 0 Å². The molecule has 7 heteroatoms. The van der Waals surface area contributed by atoms with E-state index in [4.69, 9.17) is 11.6 Å². The fourth-order valence-corrected chi connectivity index (χ4v) is 2.72. The Kier molecular flexibility index (Phi) is 4.45. The predicted octanol–water partition coefficient (Wildman–Crippen LogP) is 2.78. The van der Waals surface area contributed by atoms with Crippen molar-refractivity contribution in [3.63, 3.8) is 0 Å². The van der Waals surface area contributed by atoms with Gasteiger partial charge in [-0.1, -0.05) is 11.6 Å². The molecule has 0 unspecified atom stereocenters. The lowest BCUT2D eigenvalue weighted by atomic mass is 10.1. The van der Waals surface area contributed by atoms with Crippen molar-refractivity contribution >= 4 is 21.4 Å². The number of halogens is 2. The second-order valence-corrected chi connectivity index (χ2v) is 7.22. The molecule has 0 atom stereocenters. The van der Waals surface area contributed by atoms with Gasteiger partial charge in [0.25, 0.3) is 0 Å². The van der Waals surface area contributed by atoms with Gasteiger partial charge in [0, 0.05) is 24.6 Å². The molecule has 108 valence electrons. The zero-order valence-corrected chi connectivity index (χ0v) is 12.5. The molecular weight excluding hydrogens is 303 g/mol. The highest BCUT2D eigenvalue weighted by atomic mass is 35.5. The summed E-state index contributed by atoms with van der Waals surface area (Å²) in [6.45, 7) is 0.477. The Labute approximate surface area is 122 Å². The third kappa shape index (κ3) is 3.80. The van der Waals surface area contributed by atoms with Crippen molar-refractivity contribution in [1.82, 2.24) is 9.78 Å². The van der Waals surface area contributed by atoms with E-state index in [9.17, 15) is 12.8 Å². The molecule has 1 aromatic heterocycles. The number of nitrogens with zero attached hydrogens (tertiary/aromatic N) is 2. The normalized spacial score (nSPS) is 11.8. The van der Waals surface area contributed by atoms with Crippen molar-refractivity contribution < 1.29 is 12.8 Å². The highest BCUT2D eigenvalue weighted by molar-refractivity contribution is 7.90. The van der Waals surface area contributed by atoms with Crippen LogP contribution in [-0.4, -0.2) is 30.2 Å². The van der Waals surface area contributed by atoms with E-state index in [2.05, 4.69) is 5.10 Å². The van der Waals surface area contributed by atoms with Crippen molar-refractivity contribution in [3.05, 3.63) is 41.3 Å². The first-order chi connectivity index (χ1) is 9.37. The van der Waals surface area contributed by atoms with Gasteiger partial charge >= 0.3 is 0 Å². The molecule has 2 rings (SSSR count). The van der Waals surface area contributed by atoms with Crippen LogP contribution in [0.25, 0.3) is 11.3 Å². The molecule has 2 aromatic rings. The van der Waals surface area contributed by atoms with Gasteiger partial charge in [0.1, 0.15) is 15.7 Å². The van der Waals surface area contributed by atoms with E-state index in [-0.39, 0.29) is 10.8 Å². The number of aryl methyl sites for hydroxylation is 1. The molecular formula is C13H14ClFN2O2S. The third-order valence-electron chi connectivity index (χ3n) is 2.82. The van der Waals surface area contributed by atoms with Crippen LogP contribution in [0.4, 0.5) is 4.39 Å². The summed E-state index contributed by atoms with van der Waals surface area (Å²) in [6, 6.07) is 6.22. The molecule has 1 aromatic carbocycles. The van der Waals surface area contributed by atoms with Gasteiger partial charge in [0.2, 0.25) is 0 Å². The summed E-state index contributed by atoms with van der Waals surface area (Å²) in [5.41, 5.74) is 1.52. The Hall–Kier alpha value is -1.40. The molecule has 0 saturated carbocycles. The number of aromatic nitrogens is 2. The molecule has 0 spiro atoms. The van der Waals surface area contributed by atoms with Gasteiger partial charge in [-0.3, -0.25) is 4.68 Å². The molecule has 0 fully saturated rings. The van der Waals surface area contributed by atoms with E-state index >= 15 is 0 Å². The van der Waals surface area contributed by atoms with Gasteiger partial charge in [0.15, 0.2) is 0 Å². The van der Waals surface area contributed by atoms with E-state index in [0.29, 0.717) is 13.0 Å². The van der Waals surface area contributed by atoms with E-state index in [1.54, 1.807) is 23.0 Å². The molecule has 20 heavy (non-hydrogen) atoms. The SMILES string of the molecule is CS(=O)(=O)CCCn1nccc1-c1ccc(F)c(Cl)c1. The molecule has 4 nitrogen and oxygen atoms in total. The first-order valence-electron chi connectivity index (χ1n) is 6.02. The molecule has 1 heterocycles. The highest BCUT2D eigenvalue weighted by Gasteiger charge is 2.09. The number of hydrogen-bond donors (Lipinski definition) is 0. The lowest BCUT2D eigenvalue weighted by molar-refractivity contribution is 0.579. The van der Waals surface area contributed by atoms with Crippen molar-refractivity contribution in [2.45, 2.75) is 13.0 Å². The molecule has 0 aliphatic heterocycles. The summed E-state index contributed by atoms with van der Waals surface area (Å²) in [6.07, 6.45) is 3.30. The Morgan fingerprint density at radius 2 is 2.10 bits per heavy atom. The number of benzene rings is 1. The Balaban J connectivity index is 2.17. The average molecular weight is 317 g/mol. The van der Waals surface area contributed by atoms with E-state index in [1.165, 1.54) is 18.4 Å². The zero-order valence-electron chi connectivity index (χ0n) is 10.9. The molecule has 0 amide bonds. The van der Waals surface area contributed by atoms with Crippen LogP contribution in [0.2, 0.25) is 5.02 Å². The molecule has 0 N–H and O–H groups in total. The molecule has 0 bridgehead atoms. The maximum atomic E-state index is 13.2. The summed E-state index contributed by atoms with van der Waals surface area (Å²) < 4.78 is 37.1. The first kappa shape index (κ1) is 15.0. The number of sulfone groups is 1. The largest absolute Gasteiger partial charge is 0.265 e. The van der Waals surface area contributed by atoms with Gasteiger partial charge in [-0.2, -0.15) is 5.10 Å².